The van der Waals surface area contributed by atoms with Crippen LogP contribution in [0.3, 0.4) is 0 Å². The van der Waals surface area contributed by atoms with Crippen molar-refractivity contribution in [2.45, 2.75) is 173 Å². The first-order chi connectivity index (χ1) is 27.0. The lowest BCUT2D eigenvalue weighted by Gasteiger charge is -2.72. The van der Waals surface area contributed by atoms with Gasteiger partial charge >= 0.3 is 5.97 Å². The highest BCUT2D eigenvalue weighted by molar-refractivity contribution is 5.92. The van der Waals surface area contributed by atoms with Crippen LogP contribution in [-0.4, -0.2) is 147 Å². The molecule has 2 saturated heterocycles. The minimum Gasteiger partial charge on any atom is -0.467 e. The van der Waals surface area contributed by atoms with Crippen molar-refractivity contribution >= 4 is 11.8 Å². The number of ketones is 1. The minimum absolute atomic E-state index is 0.0469. The zero-order valence-electron chi connectivity index (χ0n) is 35.2. The SMILES string of the molecule is COC(=O)[C@H]1O[C@@H](OC2CC[C@@]3(C)C(CC[C@]4(C)C3CC=C3C5CC(C)(C)CC[C@]5(C)C(=O)[C@H](O)[C@]34C)[C@]2(C)CO)[C@H](O)[C@@H](O[C@@H]2O[C@H](CO)[C@@H](O)[C@H](O)[C@H]2O)[C@@H]1O. The van der Waals surface area contributed by atoms with E-state index in [1.165, 1.54) is 5.57 Å². The molecule has 7 aliphatic rings. The second-order valence-electron chi connectivity index (χ2n) is 20.8. The maximum absolute atomic E-state index is 14.4. The van der Waals surface area contributed by atoms with E-state index in [1.807, 2.05) is 6.92 Å². The van der Waals surface area contributed by atoms with Crippen molar-refractivity contribution in [3.05, 3.63) is 11.6 Å². The molecule has 8 N–H and O–H groups in total. The van der Waals surface area contributed by atoms with Crippen molar-refractivity contribution < 1.29 is 74.1 Å². The Labute approximate surface area is 341 Å². The second-order valence-corrected chi connectivity index (χ2v) is 20.8. The van der Waals surface area contributed by atoms with Crippen LogP contribution >= 0.6 is 0 Å². The average molecular weight is 825 g/mol. The fraction of sp³-hybridized carbons (Fsp3) is 0.907. The number of hydrogen-bond donors (Lipinski definition) is 8. The summed E-state index contributed by atoms with van der Waals surface area (Å²) < 4.78 is 28.6. The molecule has 15 nitrogen and oxygen atoms in total. The molecule has 0 bridgehead atoms. The molecule has 0 spiro atoms. The first kappa shape index (κ1) is 44.5. The number of carbonyl (C=O) groups excluding carboxylic acids is 2. The standard InChI is InChI=1S/C43H68O15/c1-38(2)15-16-39(3)21(17-38)20-9-10-24-40(4)13-12-25(41(5,19-45)23(40)11-14-42(24,6)43(20,7)34(52)33(39)51)56-37-30(50)31(29(49)32(58-37)35(53)54-8)57-36-28(48)27(47)26(46)22(18-44)55-36/h9,21-32,34,36-37,44-50,52H,10-19H2,1-8H3/t21?,22-,23?,24?,25?,26-,27+,28-,29+,30-,31+,32+,34+,36+,37-,39+,40+,41+,42-,43+/m1/s1. The average Bonchev–Trinajstić information content (AvgIpc) is 3.18. The topological polar surface area (TPSA) is 242 Å². The number of aliphatic hydroxyl groups excluding tert-OH is 8. The molecule has 58 heavy (non-hydrogen) atoms. The summed E-state index contributed by atoms with van der Waals surface area (Å²) in [5, 5.41) is 87.5. The van der Waals surface area contributed by atoms with E-state index >= 15 is 0 Å². The van der Waals surface area contributed by atoms with Gasteiger partial charge in [0, 0.05) is 16.2 Å². The molecule has 2 aliphatic heterocycles. The third kappa shape index (κ3) is 6.26. The largest absolute Gasteiger partial charge is 0.467 e. The van der Waals surface area contributed by atoms with Crippen molar-refractivity contribution in [2.75, 3.05) is 20.3 Å². The summed E-state index contributed by atoms with van der Waals surface area (Å²) >= 11 is 0. The van der Waals surface area contributed by atoms with Gasteiger partial charge < -0.3 is 64.5 Å². The van der Waals surface area contributed by atoms with Crippen LogP contribution in [0.25, 0.3) is 0 Å². The van der Waals surface area contributed by atoms with E-state index < -0.39 is 108 Å². The predicted octanol–water partition coefficient (Wildman–Crippen LogP) is 1.12. The van der Waals surface area contributed by atoms with Crippen LogP contribution in [0.2, 0.25) is 0 Å². The third-order valence-electron chi connectivity index (χ3n) is 17.5. The van der Waals surface area contributed by atoms with E-state index in [0.717, 1.165) is 32.8 Å². The normalized spacial score (nSPS) is 54.0. The van der Waals surface area contributed by atoms with Gasteiger partial charge in [0.2, 0.25) is 0 Å². The zero-order chi connectivity index (χ0) is 42.7. The number of esters is 1. The lowest BCUT2D eigenvalue weighted by molar-refractivity contribution is -0.366. The number of allylic oxidation sites excluding steroid dienone is 1. The Morgan fingerprint density at radius 2 is 1.47 bits per heavy atom. The molecular weight excluding hydrogens is 756 g/mol. The van der Waals surface area contributed by atoms with Gasteiger partial charge in [0.25, 0.3) is 0 Å². The van der Waals surface area contributed by atoms with Gasteiger partial charge in [-0.2, -0.15) is 0 Å². The molecule has 15 heteroatoms. The molecule has 0 aromatic rings. The smallest absolute Gasteiger partial charge is 0.337 e. The number of Topliss-reactive ketones (excluding diaryl/α,β-unsaturated/α-hetero) is 1. The van der Waals surface area contributed by atoms with E-state index in [1.54, 1.807) is 0 Å². The third-order valence-corrected chi connectivity index (χ3v) is 17.5. The lowest BCUT2D eigenvalue weighted by atomic mass is 9.33. The van der Waals surface area contributed by atoms with Crippen LogP contribution in [0.15, 0.2) is 11.6 Å². The quantitative estimate of drug-likeness (QED) is 0.102. The Morgan fingerprint density at radius 3 is 2.10 bits per heavy atom. The van der Waals surface area contributed by atoms with E-state index in [2.05, 4.69) is 47.6 Å². The Bertz CT molecular complexity index is 1620. The molecule has 330 valence electrons. The summed E-state index contributed by atoms with van der Waals surface area (Å²) in [4.78, 5) is 27.3. The van der Waals surface area contributed by atoms with Gasteiger partial charge in [-0.05, 0) is 85.4 Å². The Morgan fingerprint density at radius 1 is 0.793 bits per heavy atom. The van der Waals surface area contributed by atoms with Crippen LogP contribution < -0.4 is 0 Å². The fourth-order valence-electron chi connectivity index (χ4n) is 13.6. The van der Waals surface area contributed by atoms with Gasteiger partial charge in [0.1, 0.15) is 48.8 Å². The van der Waals surface area contributed by atoms with Gasteiger partial charge in [-0.25, -0.2) is 4.79 Å². The number of methoxy groups -OCH3 is 1. The molecule has 4 unspecified atom stereocenters. The number of fused-ring (bicyclic) bond motifs is 7. The molecule has 7 rings (SSSR count). The van der Waals surface area contributed by atoms with Crippen molar-refractivity contribution in [3.63, 3.8) is 0 Å². The lowest BCUT2D eigenvalue weighted by Crippen LogP contribution is -2.70. The monoisotopic (exact) mass is 824 g/mol. The number of carbonyl (C=O) groups is 2. The molecule has 0 aromatic heterocycles. The van der Waals surface area contributed by atoms with Crippen LogP contribution in [0, 0.1) is 50.2 Å². The summed E-state index contributed by atoms with van der Waals surface area (Å²) in [6.45, 7) is 14.2. The molecule has 4 saturated carbocycles. The summed E-state index contributed by atoms with van der Waals surface area (Å²) in [5.41, 5.74) is -1.79. The molecule has 6 fully saturated rings. The maximum Gasteiger partial charge on any atom is 0.337 e. The fourth-order valence-corrected chi connectivity index (χ4v) is 13.6. The van der Waals surface area contributed by atoms with E-state index in [4.69, 9.17) is 23.7 Å². The van der Waals surface area contributed by atoms with Crippen molar-refractivity contribution in [1.29, 1.82) is 0 Å². The van der Waals surface area contributed by atoms with Gasteiger partial charge in [0.15, 0.2) is 24.5 Å². The van der Waals surface area contributed by atoms with Gasteiger partial charge in [-0.15, -0.1) is 0 Å². The molecule has 0 amide bonds. The van der Waals surface area contributed by atoms with Crippen molar-refractivity contribution in [2.24, 2.45) is 50.2 Å². The summed E-state index contributed by atoms with van der Waals surface area (Å²) in [6.07, 6.45) is -10.9. The van der Waals surface area contributed by atoms with E-state index in [9.17, 15) is 50.4 Å². The highest BCUT2D eigenvalue weighted by Crippen LogP contribution is 2.75. The predicted molar refractivity (Wildman–Crippen MR) is 204 cm³/mol. The van der Waals surface area contributed by atoms with Gasteiger partial charge in [-0.1, -0.05) is 60.1 Å². The molecule has 20 atom stereocenters. The van der Waals surface area contributed by atoms with Gasteiger partial charge in [0.05, 0.1) is 26.4 Å². The summed E-state index contributed by atoms with van der Waals surface area (Å²) in [5.74, 6) is -1.06. The second kappa shape index (κ2) is 15.0. The van der Waals surface area contributed by atoms with E-state index in [-0.39, 0.29) is 41.0 Å². The first-order valence-corrected chi connectivity index (χ1v) is 21.3. The molecular formula is C43H68O15. The Kier molecular flexibility index (Phi) is 11.5. The Hall–Kier alpha value is -1.60. The molecule has 0 radical (unpaired) electrons. The summed E-state index contributed by atoms with van der Waals surface area (Å²) in [6, 6.07) is 0. The number of rotatable bonds is 7. The number of hydrogen-bond acceptors (Lipinski definition) is 15. The maximum atomic E-state index is 14.4. The van der Waals surface area contributed by atoms with E-state index in [0.29, 0.717) is 25.7 Å². The van der Waals surface area contributed by atoms with Crippen LogP contribution in [0.4, 0.5) is 0 Å². The minimum atomic E-state index is -1.87. The van der Waals surface area contributed by atoms with Crippen molar-refractivity contribution in [3.8, 4) is 0 Å². The van der Waals surface area contributed by atoms with Crippen LogP contribution in [-0.2, 0) is 33.3 Å². The highest BCUT2D eigenvalue weighted by Gasteiger charge is 2.73. The zero-order valence-corrected chi connectivity index (χ0v) is 35.2. The summed E-state index contributed by atoms with van der Waals surface area (Å²) in [7, 11) is 1.09. The van der Waals surface area contributed by atoms with Crippen LogP contribution in [0.1, 0.15) is 99.8 Å². The Balaban J connectivity index is 1.17. The highest BCUT2D eigenvalue weighted by atomic mass is 16.7. The number of aliphatic hydroxyl groups is 8. The number of ether oxygens (including phenoxy) is 5. The van der Waals surface area contributed by atoms with Crippen molar-refractivity contribution in [1.82, 2.24) is 0 Å². The van der Waals surface area contributed by atoms with Crippen LogP contribution in [0.5, 0.6) is 0 Å². The van der Waals surface area contributed by atoms with Gasteiger partial charge in [-0.3, -0.25) is 4.79 Å². The first-order valence-electron chi connectivity index (χ1n) is 21.3. The molecule has 2 heterocycles. The molecule has 0 aromatic carbocycles. The molecule has 5 aliphatic carbocycles.